The van der Waals surface area contributed by atoms with E-state index in [1.807, 2.05) is 0 Å². The maximum Gasteiger partial charge on any atom is 0.306 e. The van der Waals surface area contributed by atoms with Gasteiger partial charge in [-0.05, 0) is 96.3 Å². The highest BCUT2D eigenvalue weighted by Crippen LogP contribution is 2.13. The van der Waals surface area contributed by atoms with Gasteiger partial charge in [0.2, 0.25) is 0 Å². The Morgan fingerprint density at radius 2 is 0.635 bits per heavy atom. The van der Waals surface area contributed by atoms with Crippen molar-refractivity contribution in [1.29, 1.82) is 0 Å². The maximum absolute atomic E-state index is 12.8. The van der Waals surface area contributed by atoms with Gasteiger partial charge in [0.05, 0.1) is 0 Å². The first-order valence-corrected chi connectivity index (χ1v) is 25.4. The van der Waals surface area contributed by atoms with Gasteiger partial charge in [-0.1, -0.05) is 207 Å². The molecule has 0 aliphatic carbocycles. The van der Waals surface area contributed by atoms with E-state index in [1.54, 1.807) is 0 Å². The summed E-state index contributed by atoms with van der Waals surface area (Å²) in [5.74, 6) is -0.999. The van der Waals surface area contributed by atoms with Crippen molar-refractivity contribution in [2.45, 2.75) is 219 Å². The Hall–Kier alpha value is -3.93. The van der Waals surface area contributed by atoms with Crippen molar-refractivity contribution in [1.82, 2.24) is 0 Å². The lowest BCUT2D eigenvalue weighted by molar-refractivity contribution is -0.167. The highest BCUT2D eigenvalue weighted by molar-refractivity contribution is 5.71. The summed E-state index contributed by atoms with van der Waals surface area (Å²) in [6.07, 6.45) is 67.9. The number of esters is 3. The van der Waals surface area contributed by atoms with Crippen LogP contribution in [0, 0.1) is 0 Å². The molecule has 63 heavy (non-hydrogen) atoms. The lowest BCUT2D eigenvalue weighted by Gasteiger charge is -2.18. The Morgan fingerprint density at radius 3 is 1.02 bits per heavy atom. The minimum atomic E-state index is -0.817. The molecule has 0 aliphatic rings. The Bertz CT molecular complexity index is 1330. The van der Waals surface area contributed by atoms with Crippen LogP contribution in [-0.4, -0.2) is 37.2 Å². The zero-order chi connectivity index (χ0) is 45.8. The van der Waals surface area contributed by atoms with Crippen LogP contribution in [0.4, 0.5) is 0 Å². The number of ether oxygens (including phenoxy) is 3. The molecular weight excluding hydrogens is 781 g/mol. The largest absolute Gasteiger partial charge is 0.462 e. The minimum absolute atomic E-state index is 0.109. The second kappa shape index (κ2) is 50.7. The zero-order valence-corrected chi connectivity index (χ0v) is 40.5. The second-order valence-electron chi connectivity index (χ2n) is 16.3. The van der Waals surface area contributed by atoms with Gasteiger partial charge in [-0.15, -0.1) is 0 Å². The Balaban J connectivity index is 4.53. The molecule has 6 heteroatoms. The van der Waals surface area contributed by atoms with E-state index in [4.69, 9.17) is 14.2 Å². The SMILES string of the molecule is CC/C=C\C/C=C\C/C=C\C/C=C\C/C=C\CCCC(=O)O[C@H](COC(=O)CCCCCC/C=C\C/C=C\C/C=C\C/C=C\CC)COC(=O)CCCCCCCCCCCCC. The Morgan fingerprint density at radius 1 is 0.333 bits per heavy atom. The number of unbranched alkanes of at least 4 members (excludes halogenated alkanes) is 15. The van der Waals surface area contributed by atoms with Crippen molar-refractivity contribution in [3.05, 3.63) is 109 Å². The molecule has 0 aromatic carbocycles. The van der Waals surface area contributed by atoms with E-state index in [0.29, 0.717) is 19.3 Å². The summed E-state index contributed by atoms with van der Waals surface area (Å²) in [7, 11) is 0. The third-order valence-electron chi connectivity index (χ3n) is 10.3. The van der Waals surface area contributed by atoms with Gasteiger partial charge in [-0.3, -0.25) is 14.4 Å². The van der Waals surface area contributed by atoms with Gasteiger partial charge in [-0.2, -0.15) is 0 Å². The Labute approximate surface area is 387 Å². The lowest BCUT2D eigenvalue weighted by Crippen LogP contribution is -2.30. The average molecular weight is 873 g/mol. The first-order chi connectivity index (χ1) is 31.0. The number of allylic oxidation sites excluding steroid dienone is 18. The van der Waals surface area contributed by atoms with Crippen LogP contribution in [0.25, 0.3) is 0 Å². The molecule has 0 bridgehead atoms. The van der Waals surface area contributed by atoms with E-state index in [-0.39, 0.29) is 37.5 Å². The highest BCUT2D eigenvalue weighted by Gasteiger charge is 2.19. The zero-order valence-electron chi connectivity index (χ0n) is 40.5. The number of carbonyl (C=O) groups is 3. The summed E-state index contributed by atoms with van der Waals surface area (Å²) < 4.78 is 16.7. The fraction of sp³-hybridized carbons (Fsp3) is 0.632. The molecule has 1 atom stereocenters. The van der Waals surface area contributed by atoms with Crippen molar-refractivity contribution in [2.75, 3.05) is 13.2 Å². The van der Waals surface area contributed by atoms with Gasteiger partial charge in [0, 0.05) is 19.3 Å². The van der Waals surface area contributed by atoms with Gasteiger partial charge in [0.25, 0.3) is 0 Å². The molecule has 0 saturated heterocycles. The third-order valence-corrected chi connectivity index (χ3v) is 10.3. The van der Waals surface area contributed by atoms with Crippen LogP contribution >= 0.6 is 0 Å². The Kier molecular flexibility index (Phi) is 47.5. The van der Waals surface area contributed by atoms with E-state index in [9.17, 15) is 14.4 Å². The molecule has 0 rings (SSSR count). The summed E-state index contributed by atoms with van der Waals surface area (Å²) in [6, 6.07) is 0. The summed E-state index contributed by atoms with van der Waals surface area (Å²) in [6.45, 7) is 6.32. The van der Waals surface area contributed by atoms with Crippen LogP contribution in [0.15, 0.2) is 109 Å². The number of hydrogen-bond acceptors (Lipinski definition) is 6. The van der Waals surface area contributed by atoms with E-state index in [2.05, 4.69) is 130 Å². The fourth-order valence-electron chi connectivity index (χ4n) is 6.53. The van der Waals surface area contributed by atoms with Crippen molar-refractivity contribution < 1.29 is 28.6 Å². The minimum Gasteiger partial charge on any atom is -0.462 e. The molecule has 0 radical (unpaired) electrons. The molecule has 0 N–H and O–H groups in total. The molecule has 0 spiro atoms. The van der Waals surface area contributed by atoms with Crippen LogP contribution < -0.4 is 0 Å². The van der Waals surface area contributed by atoms with Gasteiger partial charge < -0.3 is 14.2 Å². The molecule has 6 nitrogen and oxygen atoms in total. The van der Waals surface area contributed by atoms with Crippen LogP contribution in [0.2, 0.25) is 0 Å². The second-order valence-corrected chi connectivity index (χ2v) is 16.3. The first-order valence-electron chi connectivity index (χ1n) is 25.4. The van der Waals surface area contributed by atoms with E-state index < -0.39 is 6.10 Å². The van der Waals surface area contributed by atoms with Crippen LogP contribution in [0.5, 0.6) is 0 Å². The topological polar surface area (TPSA) is 78.9 Å². The molecule has 0 heterocycles. The van der Waals surface area contributed by atoms with Crippen molar-refractivity contribution in [3.8, 4) is 0 Å². The van der Waals surface area contributed by atoms with E-state index in [0.717, 1.165) is 116 Å². The number of hydrogen-bond donors (Lipinski definition) is 0. The van der Waals surface area contributed by atoms with Crippen molar-refractivity contribution >= 4 is 17.9 Å². The monoisotopic (exact) mass is 873 g/mol. The maximum atomic E-state index is 12.8. The standard InChI is InChI=1S/C57H92O6/c1-4-7-10-13-16-19-22-24-26-28-30-32-35-38-41-44-47-50-56(59)62-53-54(52-61-55(58)49-46-43-40-37-34-21-18-15-12-9-6-3)63-57(60)51-48-45-42-39-36-33-31-29-27-25-23-20-17-14-11-8-5-2/h7-8,10-11,16-17,19-20,24-27,30-33,39,42,54H,4-6,9,12-15,18,21-23,28-29,34-38,40-41,43-53H2,1-3H3/b10-7-,11-8-,19-16-,20-17-,26-24-,27-25-,32-30-,33-31-,42-39-/t54-/m0/s1. The van der Waals surface area contributed by atoms with Gasteiger partial charge in [-0.25, -0.2) is 0 Å². The fourth-order valence-corrected chi connectivity index (χ4v) is 6.53. The van der Waals surface area contributed by atoms with Crippen molar-refractivity contribution in [2.24, 2.45) is 0 Å². The van der Waals surface area contributed by atoms with E-state index in [1.165, 1.54) is 51.4 Å². The molecule has 0 aromatic rings. The summed E-state index contributed by atoms with van der Waals surface area (Å²) in [5.41, 5.74) is 0. The van der Waals surface area contributed by atoms with E-state index >= 15 is 0 Å². The average Bonchev–Trinajstić information content (AvgIpc) is 3.28. The molecule has 0 aliphatic heterocycles. The summed E-state index contributed by atoms with van der Waals surface area (Å²) in [4.78, 5) is 37.9. The quantitative estimate of drug-likeness (QED) is 0.0263. The molecule has 0 amide bonds. The molecule has 0 unspecified atom stereocenters. The van der Waals surface area contributed by atoms with Crippen molar-refractivity contribution in [3.63, 3.8) is 0 Å². The highest BCUT2D eigenvalue weighted by atomic mass is 16.6. The molecule has 0 saturated carbocycles. The molecular formula is C57H92O6. The smallest absolute Gasteiger partial charge is 0.306 e. The first kappa shape index (κ1) is 59.1. The molecule has 0 fully saturated rings. The van der Waals surface area contributed by atoms with Crippen LogP contribution in [0.1, 0.15) is 213 Å². The predicted octanol–water partition coefficient (Wildman–Crippen LogP) is 16.8. The number of rotatable bonds is 44. The lowest BCUT2D eigenvalue weighted by atomic mass is 10.1. The molecule has 0 aromatic heterocycles. The summed E-state index contributed by atoms with van der Waals surface area (Å²) in [5, 5.41) is 0. The third kappa shape index (κ3) is 49.0. The van der Waals surface area contributed by atoms with Crippen LogP contribution in [-0.2, 0) is 28.6 Å². The van der Waals surface area contributed by atoms with Gasteiger partial charge in [0.1, 0.15) is 13.2 Å². The number of carbonyl (C=O) groups excluding carboxylic acids is 3. The van der Waals surface area contributed by atoms with Crippen LogP contribution in [0.3, 0.4) is 0 Å². The predicted molar refractivity (Wildman–Crippen MR) is 270 cm³/mol. The normalized spacial score (nSPS) is 13.0. The van der Waals surface area contributed by atoms with Gasteiger partial charge in [0.15, 0.2) is 6.10 Å². The summed E-state index contributed by atoms with van der Waals surface area (Å²) >= 11 is 0. The molecule has 356 valence electrons. The van der Waals surface area contributed by atoms with Gasteiger partial charge >= 0.3 is 17.9 Å².